The van der Waals surface area contributed by atoms with Crippen LogP contribution in [0.15, 0.2) is 47.8 Å². The third-order valence-electron chi connectivity index (χ3n) is 4.15. The third kappa shape index (κ3) is 10.5. The van der Waals surface area contributed by atoms with Gasteiger partial charge in [0, 0.05) is 31.6 Å². The van der Waals surface area contributed by atoms with Gasteiger partial charge in [-0.2, -0.15) is 5.01 Å². The molecule has 0 spiro atoms. The zero-order valence-electron chi connectivity index (χ0n) is 16.2. The molecule has 1 aromatic rings. The first-order chi connectivity index (χ1) is 14.3. The Hall–Kier alpha value is -2.98. The van der Waals surface area contributed by atoms with E-state index in [1.807, 2.05) is 18.2 Å². The average molecular weight is 439 g/mol. The Kier molecular flexibility index (Phi) is 11.8. The number of nitroso groups, excluding NO2 is 1. The highest BCUT2D eigenvalue weighted by Crippen LogP contribution is 2.14. The highest BCUT2D eigenvalue weighted by atomic mass is 35.5. The number of urea groups is 1. The smallest absolute Gasteiger partial charge is 0.340 e. The van der Waals surface area contributed by atoms with Gasteiger partial charge >= 0.3 is 6.03 Å². The van der Waals surface area contributed by atoms with Gasteiger partial charge in [0.1, 0.15) is 0 Å². The van der Waals surface area contributed by atoms with E-state index in [-0.39, 0.29) is 18.5 Å². The molecule has 164 valence electrons. The lowest BCUT2D eigenvalue weighted by Gasteiger charge is -2.32. The Morgan fingerprint density at radius 1 is 1.13 bits per heavy atom. The van der Waals surface area contributed by atoms with Crippen molar-refractivity contribution < 1.29 is 24.6 Å². The molecule has 2 rings (SSSR count). The molecule has 1 N–H and O–H groups in total. The Labute approximate surface area is 179 Å². The van der Waals surface area contributed by atoms with Crippen molar-refractivity contribution >= 4 is 29.6 Å². The third-order valence-corrected chi connectivity index (χ3v) is 4.32. The Morgan fingerprint density at radius 3 is 2.17 bits per heavy atom. The van der Waals surface area contributed by atoms with Crippen LogP contribution in [0.2, 0.25) is 0 Å². The van der Waals surface area contributed by atoms with E-state index in [4.69, 9.17) is 11.6 Å². The van der Waals surface area contributed by atoms with Gasteiger partial charge in [0.2, 0.25) is 0 Å². The Morgan fingerprint density at radius 2 is 1.70 bits per heavy atom. The number of hydrogen-bond acceptors (Lipinski definition) is 8. The molecular formula is C19H23ClN4O6-2. The van der Waals surface area contributed by atoms with Crippen LogP contribution in [-0.2, 0) is 16.1 Å². The molecule has 0 bridgehead atoms. The lowest BCUT2D eigenvalue weighted by atomic mass is 10.0. The second-order valence-electron chi connectivity index (χ2n) is 6.35. The lowest BCUT2D eigenvalue weighted by molar-refractivity contribution is -0.301. The summed E-state index contributed by atoms with van der Waals surface area (Å²) in [5.41, 5.74) is 1.29. The minimum Gasteiger partial charge on any atom is -0.545 e. The van der Waals surface area contributed by atoms with Gasteiger partial charge in [0.15, 0.2) is 0 Å². The van der Waals surface area contributed by atoms with Crippen LogP contribution in [0.25, 0.3) is 0 Å². The monoisotopic (exact) mass is 438 g/mol. The summed E-state index contributed by atoms with van der Waals surface area (Å²) in [4.78, 5) is 43.6. The van der Waals surface area contributed by atoms with Crippen LogP contribution in [0, 0.1) is 4.91 Å². The number of carboxylic acid groups (broad SMARTS) is 2. The van der Waals surface area contributed by atoms with E-state index in [1.54, 1.807) is 0 Å². The van der Waals surface area contributed by atoms with E-state index in [2.05, 4.69) is 27.6 Å². The summed E-state index contributed by atoms with van der Waals surface area (Å²) in [7, 11) is 0. The molecule has 1 aliphatic heterocycles. The van der Waals surface area contributed by atoms with E-state index >= 15 is 0 Å². The molecule has 1 aromatic carbocycles. The number of rotatable bonds is 8. The summed E-state index contributed by atoms with van der Waals surface area (Å²) >= 11 is 5.53. The standard InChI is InChI=1S/C15H21ClN4O2.C4H4O4/c16-8-11-20(18-22)15(21)17-14-6-9-19(10-7-14)12-13-4-2-1-3-5-13;5-3(6)1-2-4(7)8/h1-5,14H,6-12H2,(H,17,21);1-2H,(H,5,6)(H,7,8)/p-2/b;2-1+. The highest BCUT2D eigenvalue weighted by molar-refractivity contribution is 6.18. The van der Waals surface area contributed by atoms with Gasteiger partial charge in [-0.1, -0.05) is 30.3 Å². The van der Waals surface area contributed by atoms with E-state index in [9.17, 15) is 29.5 Å². The molecule has 1 saturated heterocycles. The topological polar surface area (TPSA) is 145 Å². The van der Waals surface area contributed by atoms with E-state index in [0.29, 0.717) is 12.2 Å². The molecule has 11 heteroatoms. The highest BCUT2D eigenvalue weighted by Gasteiger charge is 2.23. The van der Waals surface area contributed by atoms with Crippen LogP contribution < -0.4 is 15.5 Å². The predicted molar refractivity (Wildman–Crippen MR) is 106 cm³/mol. The fraction of sp³-hybridized carbons (Fsp3) is 0.421. The number of carboxylic acids is 2. The summed E-state index contributed by atoms with van der Waals surface area (Å²) in [6, 6.07) is 9.96. The molecule has 1 heterocycles. The summed E-state index contributed by atoms with van der Waals surface area (Å²) in [6.07, 6.45) is 2.50. The predicted octanol–water partition coefficient (Wildman–Crippen LogP) is -0.375. The number of benzene rings is 1. The van der Waals surface area contributed by atoms with Gasteiger partial charge in [-0.15, -0.1) is 16.5 Å². The van der Waals surface area contributed by atoms with Crippen molar-refractivity contribution in [2.45, 2.75) is 25.4 Å². The van der Waals surface area contributed by atoms with Crippen molar-refractivity contribution in [3.05, 3.63) is 53.0 Å². The van der Waals surface area contributed by atoms with Crippen molar-refractivity contribution in [3.63, 3.8) is 0 Å². The van der Waals surface area contributed by atoms with Crippen LogP contribution in [0.1, 0.15) is 18.4 Å². The van der Waals surface area contributed by atoms with Crippen molar-refractivity contribution in [2.75, 3.05) is 25.5 Å². The normalized spacial score (nSPS) is 14.4. The summed E-state index contributed by atoms with van der Waals surface area (Å²) in [5, 5.41) is 25.2. The summed E-state index contributed by atoms with van der Waals surface area (Å²) in [6.45, 7) is 2.90. The fourth-order valence-electron chi connectivity index (χ4n) is 2.72. The fourth-order valence-corrected chi connectivity index (χ4v) is 2.88. The second kappa shape index (κ2) is 14.1. The number of halogens is 1. The minimum absolute atomic E-state index is 0.0825. The number of nitrogens with one attached hydrogen (secondary N) is 1. The van der Waals surface area contributed by atoms with Gasteiger partial charge in [-0.3, -0.25) is 4.90 Å². The van der Waals surface area contributed by atoms with Gasteiger partial charge in [0.05, 0.1) is 23.8 Å². The van der Waals surface area contributed by atoms with Crippen LogP contribution >= 0.6 is 11.6 Å². The van der Waals surface area contributed by atoms with Crippen molar-refractivity contribution in [1.29, 1.82) is 0 Å². The number of amides is 2. The zero-order valence-corrected chi connectivity index (χ0v) is 17.0. The van der Waals surface area contributed by atoms with E-state index in [0.717, 1.165) is 37.5 Å². The van der Waals surface area contributed by atoms with Gasteiger partial charge in [-0.05, 0) is 30.6 Å². The molecular weight excluding hydrogens is 416 g/mol. The van der Waals surface area contributed by atoms with E-state index in [1.165, 1.54) is 5.56 Å². The largest absolute Gasteiger partial charge is 0.545 e. The van der Waals surface area contributed by atoms with Crippen LogP contribution in [0.3, 0.4) is 0 Å². The first kappa shape index (κ1) is 25.1. The van der Waals surface area contributed by atoms with Crippen molar-refractivity contribution in [3.8, 4) is 0 Å². The SMILES string of the molecule is O=C([O-])/C=C/C(=O)[O-].O=NN(CCCl)C(=O)NC1CCN(Cc2ccccc2)CC1. The first-order valence-electron chi connectivity index (χ1n) is 9.19. The summed E-state index contributed by atoms with van der Waals surface area (Å²) in [5.74, 6) is -2.90. The molecule has 0 radical (unpaired) electrons. The molecule has 2 amide bonds. The number of piperidine rings is 1. The van der Waals surface area contributed by atoms with Crippen LogP contribution in [0.4, 0.5) is 4.79 Å². The second-order valence-corrected chi connectivity index (χ2v) is 6.73. The maximum Gasteiger partial charge on any atom is 0.340 e. The molecule has 1 aliphatic rings. The number of carbonyl (C=O) groups is 3. The number of alkyl halides is 1. The molecule has 30 heavy (non-hydrogen) atoms. The first-order valence-corrected chi connectivity index (χ1v) is 9.72. The minimum atomic E-state index is -1.55. The lowest BCUT2D eigenvalue weighted by Crippen LogP contribution is -2.48. The molecule has 0 unspecified atom stereocenters. The molecule has 10 nitrogen and oxygen atoms in total. The van der Waals surface area contributed by atoms with Crippen molar-refractivity contribution in [1.82, 2.24) is 15.2 Å². The number of aliphatic carboxylic acids is 2. The Balaban J connectivity index is 0.000000479. The van der Waals surface area contributed by atoms with Gasteiger partial charge in [0.25, 0.3) is 0 Å². The van der Waals surface area contributed by atoms with Gasteiger partial charge in [-0.25, -0.2) is 4.79 Å². The maximum atomic E-state index is 11.9. The van der Waals surface area contributed by atoms with Crippen LogP contribution in [-0.4, -0.2) is 59.4 Å². The average Bonchev–Trinajstić information content (AvgIpc) is 2.73. The zero-order chi connectivity index (χ0) is 22.4. The number of hydrogen-bond donors (Lipinski definition) is 1. The number of nitrogens with zero attached hydrogens (tertiary/aromatic N) is 3. The number of carbonyl (C=O) groups excluding carboxylic acids is 3. The Bertz CT molecular complexity index is 707. The molecule has 0 atom stereocenters. The molecule has 1 fully saturated rings. The van der Waals surface area contributed by atoms with Gasteiger partial charge < -0.3 is 25.1 Å². The number of likely N-dealkylation sites (tertiary alicyclic amines) is 1. The van der Waals surface area contributed by atoms with E-state index < -0.39 is 18.0 Å². The quantitative estimate of drug-likeness (QED) is 0.252. The maximum absolute atomic E-state index is 11.9. The molecule has 0 aliphatic carbocycles. The van der Waals surface area contributed by atoms with Crippen molar-refractivity contribution in [2.24, 2.45) is 5.29 Å². The van der Waals surface area contributed by atoms with Crippen LogP contribution in [0.5, 0.6) is 0 Å². The molecule has 0 saturated carbocycles. The molecule has 0 aromatic heterocycles. The summed E-state index contributed by atoms with van der Waals surface area (Å²) < 4.78 is 0.